The highest BCUT2D eigenvalue weighted by atomic mass is 32.2. The van der Waals surface area contributed by atoms with Crippen LogP contribution in [0.4, 0.5) is 4.79 Å². The van der Waals surface area contributed by atoms with Gasteiger partial charge in [0.25, 0.3) is 10.1 Å². The molecule has 2 heterocycles. The first kappa shape index (κ1) is 65.6. The predicted molar refractivity (Wildman–Crippen MR) is 304 cm³/mol. The van der Waals surface area contributed by atoms with E-state index in [1.807, 2.05) is 39.5 Å². The normalized spacial score (nSPS) is 25.1. The molecule has 0 spiro atoms. The number of nitrogens with zero attached hydrogens (tertiary/aromatic N) is 2. The summed E-state index contributed by atoms with van der Waals surface area (Å²) in [5.74, 6) is 1.84. The van der Waals surface area contributed by atoms with E-state index in [1.54, 1.807) is 24.3 Å². The maximum atomic E-state index is 12.5. The molecule has 0 aromatic heterocycles. The van der Waals surface area contributed by atoms with Gasteiger partial charge in [-0.05, 0) is 207 Å². The summed E-state index contributed by atoms with van der Waals surface area (Å²) in [6.07, 6.45) is 19.3. The number of piperidine rings is 2. The van der Waals surface area contributed by atoms with Gasteiger partial charge in [0.15, 0.2) is 0 Å². The summed E-state index contributed by atoms with van der Waals surface area (Å²) in [5.41, 5.74) is 7.70. The lowest BCUT2D eigenvalue weighted by Crippen LogP contribution is -2.58. The van der Waals surface area contributed by atoms with Gasteiger partial charge in [-0.2, -0.15) is 8.42 Å². The number of carbonyl (C=O) groups is 1. The van der Waals surface area contributed by atoms with Gasteiger partial charge in [0.05, 0.1) is 29.8 Å². The molecule has 4 N–H and O–H groups in total. The number of benzene rings is 2. The number of hydrogen-bond donors (Lipinski definition) is 3. The molecule has 74 heavy (non-hydrogen) atoms. The molecule has 7 rings (SSSR count). The van der Waals surface area contributed by atoms with Crippen LogP contribution in [0.5, 0.6) is 0 Å². The molecule has 5 fully saturated rings. The van der Waals surface area contributed by atoms with Gasteiger partial charge >= 0.3 is 6.09 Å². The third kappa shape index (κ3) is 22.7. The Labute approximate surface area is 452 Å². The minimum Gasteiger partial charge on any atom is -0.444 e. The highest BCUT2D eigenvalue weighted by molar-refractivity contribution is 7.86. The van der Waals surface area contributed by atoms with Crippen molar-refractivity contribution in [3.05, 3.63) is 65.7 Å². The smallest absolute Gasteiger partial charge is 0.410 e. The molecule has 5 aliphatic rings. The molecule has 3 aliphatic carbocycles. The number of hydrogen-bond acceptors (Lipinski definition) is 12. The van der Waals surface area contributed by atoms with Crippen LogP contribution in [0, 0.1) is 24.7 Å². The van der Waals surface area contributed by atoms with Crippen LogP contribution in [0.1, 0.15) is 183 Å². The highest BCUT2D eigenvalue weighted by Crippen LogP contribution is 2.33. The molecule has 0 unspecified atom stereocenters. The molecule has 3 saturated carbocycles. The highest BCUT2D eigenvalue weighted by Gasteiger charge is 2.39. The molecular weight excluding hydrogens is 951 g/mol. The fraction of sp³-hybridized carbons (Fsp3) is 0.783. The van der Waals surface area contributed by atoms with E-state index in [-0.39, 0.29) is 38.0 Å². The predicted octanol–water partition coefficient (Wildman–Crippen LogP) is 11.9. The molecule has 13 nitrogen and oxygen atoms in total. The zero-order valence-electron chi connectivity index (χ0n) is 46.1. The number of aryl methyl sites for hydroxylation is 1. The molecule has 426 valence electrons. The van der Waals surface area contributed by atoms with Gasteiger partial charge in [0.2, 0.25) is 0 Å². The quantitative estimate of drug-likeness (QED) is 0.115. The fourth-order valence-electron chi connectivity index (χ4n) is 11.2. The lowest BCUT2D eigenvalue weighted by atomic mass is 9.85. The van der Waals surface area contributed by atoms with Gasteiger partial charge in [-0.1, -0.05) is 62.9 Å². The summed E-state index contributed by atoms with van der Waals surface area (Å²) in [5, 5.41) is 7.86. The second-order valence-corrected chi connectivity index (χ2v) is 24.2. The van der Waals surface area contributed by atoms with Crippen LogP contribution < -0.4 is 16.4 Å². The van der Waals surface area contributed by atoms with Gasteiger partial charge in [-0.25, -0.2) is 4.79 Å². The van der Waals surface area contributed by atoms with Crippen molar-refractivity contribution in [1.82, 2.24) is 20.4 Å². The third-order valence-corrected chi connectivity index (χ3v) is 17.2. The van der Waals surface area contributed by atoms with Crippen LogP contribution in [0.2, 0.25) is 0 Å². The van der Waals surface area contributed by atoms with Gasteiger partial charge in [-0.3, -0.25) is 9.08 Å². The van der Waals surface area contributed by atoms with E-state index in [0.29, 0.717) is 36.3 Å². The SMILES string of the molecule is C.C.CCOC1CCC(CN)CC1.CCOC1CCC(CNC[C@H](NC2CCN(C3(C)CCN(C(=O)OC(C)(C)C)CC3)CC2)c2ccccc2)CC1.CCOC1CCC(COS(=O)(=O)c2ccc(C)cc2)CC1. The standard InChI is InChI=1S/C33H56N4O3.C16H24O4S.C9H19NO.2CH4/c1-6-39-29-14-12-26(13-15-29)24-34-25-30(27-10-8-7-9-11-27)35-28-16-20-37(21-17-28)33(5)18-22-36(23-19-33)31(38)40-32(2,3)4;1-3-19-15-8-6-14(7-9-15)12-20-21(17,18)16-10-4-13(2)5-11-16;1-2-11-9-5-3-8(7-10)4-6-9;;/h7-11,26,28-30,34-35H,6,12-25H2,1-5H3;4-5,10-11,14-15H,3,6-9,12H2,1-2H3;8-9H,2-7,10H2,1H3;2*1H4/t26?,29?,30-;;;;/m0..../s1. The zero-order chi connectivity index (χ0) is 52.0. The Morgan fingerprint density at radius 3 is 1.66 bits per heavy atom. The Balaban J connectivity index is 0.000000352. The summed E-state index contributed by atoms with van der Waals surface area (Å²) >= 11 is 0. The summed E-state index contributed by atoms with van der Waals surface area (Å²) in [6.45, 7) is 25.7. The number of rotatable bonds is 19. The Hall–Kier alpha value is -2.66. The number of likely N-dealkylation sites (tertiary alicyclic amines) is 2. The van der Waals surface area contributed by atoms with Crippen LogP contribution >= 0.6 is 0 Å². The zero-order valence-corrected chi connectivity index (χ0v) is 46.9. The minimum absolute atomic E-state index is 0. The lowest BCUT2D eigenvalue weighted by molar-refractivity contribution is -0.00894. The number of ether oxygens (including phenoxy) is 4. The van der Waals surface area contributed by atoms with E-state index in [2.05, 4.69) is 66.6 Å². The number of nitrogens with one attached hydrogen (secondary N) is 2. The van der Waals surface area contributed by atoms with Crippen molar-refractivity contribution in [3.8, 4) is 0 Å². The van der Waals surface area contributed by atoms with E-state index in [0.717, 1.165) is 134 Å². The van der Waals surface area contributed by atoms with E-state index in [4.69, 9.17) is 28.9 Å². The van der Waals surface area contributed by atoms with E-state index >= 15 is 0 Å². The Kier molecular flexibility index (Phi) is 29.8. The topological polar surface area (TPSA) is 154 Å². The Morgan fingerprint density at radius 1 is 0.703 bits per heavy atom. The Bertz CT molecular complexity index is 1880. The summed E-state index contributed by atoms with van der Waals surface area (Å²) in [4.78, 5) is 17.3. The van der Waals surface area contributed by atoms with Crippen molar-refractivity contribution in [2.45, 2.75) is 219 Å². The monoisotopic (exact) mass is 1060 g/mol. The van der Waals surface area contributed by atoms with Crippen molar-refractivity contribution < 1.29 is 36.3 Å². The van der Waals surface area contributed by atoms with Gasteiger partial charge in [0.1, 0.15) is 5.60 Å². The first-order valence-corrected chi connectivity index (χ1v) is 29.7. The number of carbonyl (C=O) groups excluding carboxylic acids is 1. The van der Waals surface area contributed by atoms with E-state index in [9.17, 15) is 13.2 Å². The summed E-state index contributed by atoms with van der Waals surface area (Å²) in [7, 11) is -3.63. The van der Waals surface area contributed by atoms with Crippen molar-refractivity contribution >= 4 is 16.2 Å². The van der Waals surface area contributed by atoms with Crippen LogP contribution in [0.3, 0.4) is 0 Å². The van der Waals surface area contributed by atoms with Crippen LogP contribution in [-0.4, -0.2) is 132 Å². The molecule has 14 heteroatoms. The van der Waals surface area contributed by atoms with Crippen molar-refractivity contribution in [1.29, 1.82) is 0 Å². The van der Waals surface area contributed by atoms with E-state index in [1.165, 1.54) is 56.9 Å². The van der Waals surface area contributed by atoms with Crippen molar-refractivity contribution in [2.24, 2.45) is 23.5 Å². The van der Waals surface area contributed by atoms with Gasteiger partial charge in [0, 0.05) is 70.2 Å². The van der Waals surface area contributed by atoms with Crippen LogP contribution in [0.25, 0.3) is 0 Å². The molecule has 0 radical (unpaired) electrons. The molecular formula is C60H107N5O8S. The third-order valence-electron chi connectivity index (χ3n) is 15.9. The number of nitrogens with two attached hydrogens (primary N) is 1. The Morgan fingerprint density at radius 2 is 1.19 bits per heavy atom. The first-order valence-electron chi connectivity index (χ1n) is 28.3. The minimum atomic E-state index is -3.63. The maximum absolute atomic E-state index is 12.5. The molecule has 2 saturated heterocycles. The molecule has 1 atom stereocenters. The lowest BCUT2D eigenvalue weighted by Gasteiger charge is -2.49. The molecule has 2 aliphatic heterocycles. The largest absolute Gasteiger partial charge is 0.444 e. The van der Waals surface area contributed by atoms with E-state index < -0.39 is 15.7 Å². The van der Waals surface area contributed by atoms with Gasteiger partial charge in [-0.15, -0.1) is 0 Å². The molecule has 2 aromatic rings. The van der Waals surface area contributed by atoms with Crippen LogP contribution in [-0.2, 0) is 33.2 Å². The fourth-order valence-corrected chi connectivity index (χ4v) is 12.2. The first-order chi connectivity index (χ1) is 34.5. The summed E-state index contributed by atoms with van der Waals surface area (Å²) in [6, 6.07) is 18.6. The van der Waals surface area contributed by atoms with Crippen molar-refractivity contribution in [3.63, 3.8) is 0 Å². The molecule has 0 bridgehead atoms. The molecule has 1 amide bonds. The van der Waals surface area contributed by atoms with Crippen molar-refractivity contribution in [2.75, 3.05) is 72.2 Å². The average molecular weight is 1060 g/mol. The average Bonchev–Trinajstić information content (AvgIpc) is 3.37. The van der Waals surface area contributed by atoms with Crippen LogP contribution in [0.15, 0.2) is 59.5 Å². The number of amides is 1. The molecule has 2 aromatic carbocycles. The second kappa shape index (κ2) is 33.6. The maximum Gasteiger partial charge on any atom is 0.410 e. The second-order valence-electron chi connectivity index (χ2n) is 22.6. The van der Waals surface area contributed by atoms with Gasteiger partial charge < -0.3 is 40.2 Å². The summed E-state index contributed by atoms with van der Waals surface area (Å²) < 4.78 is 52.0.